The second kappa shape index (κ2) is 2.84. The summed E-state index contributed by atoms with van der Waals surface area (Å²) in [4.78, 5) is 12.5. The number of halogens is 2. The molecule has 0 aromatic carbocycles. The standard InChI is InChI=1S/C6H5ClFNO/c7-3-4-1-5(8)9-6(10)2-4/h1-2H,3H2,(H,9,10). The van der Waals surface area contributed by atoms with Crippen LogP contribution in [0.4, 0.5) is 4.39 Å². The van der Waals surface area contributed by atoms with E-state index in [9.17, 15) is 9.18 Å². The van der Waals surface area contributed by atoms with Crippen molar-refractivity contribution in [3.05, 3.63) is 34.0 Å². The van der Waals surface area contributed by atoms with Gasteiger partial charge in [0, 0.05) is 11.9 Å². The van der Waals surface area contributed by atoms with E-state index in [1.165, 1.54) is 12.1 Å². The summed E-state index contributed by atoms with van der Waals surface area (Å²) in [5, 5.41) is 0. The third kappa shape index (κ3) is 1.57. The first kappa shape index (κ1) is 7.28. The lowest BCUT2D eigenvalue weighted by Gasteiger charge is -1.91. The number of alkyl halides is 1. The maximum Gasteiger partial charge on any atom is 0.250 e. The van der Waals surface area contributed by atoms with E-state index in [0.29, 0.717) is 5.56 Å². The van der Waals surface area contributed by atoms with Crippen molar-refractivity contribution in [3.8, 4) is 0 Å². The molecule has 1 aromatic rings. The van der Waals surface area contributed by atoms with Crippen LogP contribution in [0.15, 0.2) is 16.9 Å². The van der Waals surface area contributed by atoms with Crippen molar-refractivity contribution >= 4 is 11.6 Å². The fraction of sp³-hybridized carbons (Fsp3) is 0.167. The minimum atomic E-state index is -0.650. The summed E-state index contributed by atoms with van der Waals surface area (Å²) in [6.45, 7) is 0. The number of aromatic amines is 1. The van der Waals surface area contributed by atoms with Crippen LogP contribution in [0.2, 0.25) is 0 Å². The molecule has 10 heavy (non-hydrogen) atoms. The molecule has 0 amide bonds. The molecule has 0 bridgehead atoms. The summed E-state index contributed by atoms with van der Waals surface area (Å²) in [6, 6.07) is 2.45. The van der Waals surface area contributed by atoms with Gasteiger partial charge >= 0.3 is 0 Å². The average molecular weight is 162 g/mol. The van der Waals surface area contributed by atoms with E-state index in [1.54, 1.807) is 0 Å². The Morgan fingerprint density at radius 3 is 2.80 bits per heavy atom. The number of H-pyrrole nitrogens is 1. The molecule has 2 nitrogen and oxygen atoms in total. The van der Waals surface area contributed by atoms with Gasteiger partial charge in [-0.15, -0.1) is 11.6 Å². The molecule has 0 aliphatic rings. The first-order valence-electron chi connectivity index (χ1n) is 2.67. The summed E-state index contributed by atoms with van der Waals surface area (Å²) in [5.74, 6) is -0.496. The highest BCUT2D eigenvalue weighted by molar-refractivity contribution is 6.17. The minimum absolute atomic E-state index is 0.154. The summed E-state index contributed by atoms with van der Waals surface area (Å²) < 4.78 is 12.3. The molecule has 0 aliphatic carbocycles. The summed E-state index contributed by atoms with van der Waals surface area (Å²) in [6.07, 6.45) is 0. The molecule has 0 aliphatic heterocycles. The predicted octanol–water partition coefficient (Wildman–Crippen LogP) is 1.25. The zero-order valence-electron chi connectivity index (χ0n) is 5.03. The third-order valence-electron chi connectivity index (χ3n) is 1.03. The first-order chi connectivity index (χ1) is 4.72. The molecule has 0 saturated carbocycles. The van der Waals surface area contributed by atoms with Crippen molar-refractivity contribution in [1.29, 1.82) is 0 Å². The van der Waals surface area contributed by atoms with Gasteiger partial charge in [-0.3, -0.25) is 9.78 Å². The molecule has 0 atom stereocenters. The molecule has 0 spiro atoms. The average Bonchev–Trinajstić information content (AvgIpc) is 1.85. The van der Waals surface area contributed by atoms with E-state index in [2.05, 4.69) is 0 Å². The molecule has 0 unspecified atom stereocenters. The van der Waals surface area contributed by atoms with E-state index in [-0.39, 0.29) is 5.88 Å². The monoisotopic (exact) mass is 161 g/mol. The van der Waals surface area contributed by atoms with Crippen LogP contribution in [0.5, 0.6) is 0 Å². The Morgan fingerprint density at radius 2 is 2.30 bits per heavy atom. The first-order valence-corrected chi connectivity index (χ1v) is 3.20. The second-order valence-electron chi connectivity index (χ2n) is 1.83. The smallest absolute Gasteiger partial charge is 0.250 e. The van der Waals surface area contributed by atoms with Gasteiger partial charge in [0.25, 0.3) is 0 Å². The van der Waals surface area contributed by atoms with Crippen molar-refractivity contribution in [2.75, 3.05) is 0 Å². The normalized spacial score (nSPS) is 9.80. The second-order valence-corrected chi connectivity index (χ2v) is 2.10. The maximum atomic E-state index is 12.3. The van der Waals surface area contributed by atoms with E-state index in [1.807, 2.05) is 4.98 Å². The topological polar surface area (TPSA) is 32.9 Å². The Balaban J connectivity index is 3.19. The largest absolute Gasteiger partial charge is 0.299 e. The summed E-state index contributed by atoms with van der Waals surface area (Å²) >= 11 is 5.35. The molecule has 1 heterocycles. The van der Waals surface area contributed by atoms with Crippen molar-refractivity contribution in [1.82, 2.24) is 4.98 Å². The Morgan fingerprint density at radius 1 is 1.60 bits per heavy atom. The SMILES string of the molecule is O=c1cc(CCl)cc(F)[nH]1. The molecule has 1 aromatic heterocycles. The van der Waals surface area contributed by atoms with Gasteiger partial charge in [-0.2, -0.15) is 4.39 Å². The third-order valence-corrected chi connectivity index (χ3v) is 1.33. The fourth-order valence-corrected chi connectivity index (χ4v) is 0.794. The zero-order valence-corrected chi connectivity index (χ0v) is 5.78. The van der Waals surface area contributed by atoms with Crippen LogP contribution in [0.3, 0.4) is 0 Å². The van der Waals surface area contributed by atoms with E-state index < -0.39 is 11.5 Å². The van der Waals surface area contributed by atoms with Gasteiger partial charge in [0.15, 0.2) is 5.95 Å². The molecule has 0 saturated heterocycles. The van der Waals surface area contributed by atoms with Crippen LogP contribution in [0, 0.1) is 5.95 Å². The highest BCUT2D eigenvalue weighted by Gasteiger charge is 1.94. The van der Waals surface area contributed by atoms with Crippen molar-refractivity contribution in [2.45, 2.75) is 5.88 Å². The molecule has 0 fully saturated rings. The number of pyridine rings is 1. The Hall–Kier alpha value is -0.830. The molecule has 0 radical (unpaired) electrons. The van der Waals surface area contributed by atoms with E-state index in [0.717, 1.165) is 0 Å². The number of hydrogen-bond donors (Lipinski definition) is 1. The lowest BCUT2D eigenvalue weighted by molar-refractivity contribution is 0.578. The van der Waals surface area contributed by atoms with Crippen molar-refractivity contribution < 1.29 is 4.39 Å². The number of rotatable bonds is 1. The number of hydrogen-bond acceptors (Lipinski definition) is 1. The molecule has 4 heteroatoms. The molecule has 1 N–H and O–H groups in total. The zero-order chi connectivity index (χ0) is 7.56. The van der Waals surface area contributed by atoms with Gasteiger partial charge in [0.05, 0.1) is 0 Å². The molecular weight excluding hydrogens is 157 g/mol. The molecule has 1 rings (SSSR count). The van der Waals surface area contributed by atoms with Crippen LogP contribution in [0.1, 0.15) is 5.56 Å². The summed E-state index contributed by atoms with van der Waals surface area (Å²) in [5.41, 5.74) is 0.0265. The Kier molecular flexibility index (Phi) is 2.06. The van der Waals surface area contributed by atoms with Gasteiger partial charge in [-0.1, -0.05) is 0 Å². The van der Waals surface area contributed by atoms with Crippen molar-refractivity contribution in [2.24, 2.45) is 0 Å². The van der Waals surface area contributed by atoms with Crippen molar-refractivity contribution in [3.63, 3.8) is 0 Å². The summed E-state index contributed by atoms with van der Waals surface area (Å²) in [7, 11) is 0. The highest BCUT2D eigenvalue weighted by Crippen LogP contribution is 1.99. The minimum Gasteiger partial charge on any atom is -0.299 e. The van der Waals surface area contributed by atoms with Crippen LogP contribution in [-0.2, 0) is 5.88 Å². The quantitative estimate of drug-likeness (QED) is 0.488. The Labute approximate surface area is 61.6 Å². The van der Waals surface area contributed by atoms with Gasteiger partial charge < -0.3 is 0 Å². The van der Waals surface area contributed by atoms with Gasteiger partial charge in [0.1, 0.15) is 0 Å². The Bertz CT molecular complexity index is 283. The maximum absolute atomic E-state index is 12.3. The molecule has 54 valence electrons. The van der Waals surface area contributed by atoms with Gasteiger partial charge in [-0.05, 0) is 11.6 Å². The van der Waals surface area contributed by atoms with Crippen LogP contribution >= 0.6 is 11.6 Å². The lowest BCUT2D eigenvalue weighted by Crippen LogP contribution is -2.06. The van der Waals surface area contributed by atoms with E-state index in [4.69, 9.17) is 11.6 Å². The lowest BCUT2D eigenvalue weighted by atomic mass is 10.3. The number of aromatic nitrogens is 1. The van der Waals surface area contributed by atoms with Gasteiger partial charge in [-0.25, -0.2) is 0 Å². The highest BCUT2D eigenvalue weighted by atomic mass is 35.5. The van der Waals surface area contributed by atoms with E-state index >= 15 is 0 Å². The van der Waals surface area contributed by atoms with Crippen LogP contribution in [-0.4, -0.2) is 4.98 Å². The number of nitrogens with one attached hydrogen (secondary N) is 1. The van der Waals surface area contributed by atoms with Crippen LogP contribution in [0.25, 0.3) is 0 Å². The van der Waals surface area contributed by atoms with Gasteiger partial charge in [0.2, 0.25) is 5.56 Å². The molecular formula is C6H5ClFNO. The fourth-order valence-electron chi connectivity index (χ4n) is 0.640. The van der Waals surface area contributed by atoms with Crippen LogP contribution < -0.4 is 5.56 Å². The predicted molar refractivity (Wildman–Crippen MR) is 36.6 cm³/mol.